The minimum Gasteiger partial charge on any atom is -0.399 e. The minimum atomic E-state index is -3.54. The third-order valence-electron chi connectivity index (χ3n) is 2.90. The minimum absolute atomic E-state index is 0.112. The summed E-state index contributed by atoms with van der Waals surface area (Å²) in [6.45, 7) is 2.71. The van der Waals surface area contributed by atoms with E-state index in [-0.39, 0.29) is 5.03 Å². The van der Waals surface area contributed by atoms with Gasteiger partial charge in [0.25, 0.3) is 10.0 Å². The van der Waals surface area contributed by atoms with E-state index in [1.54, 1.807) is 12.1 Å². The number of hydrogen-bond donors (Lipinski definition) is 2. The second-order valence-corrected chi connectivity index (χ2v) is 6.40. The Hall–Kier alpha value is -1.86. The Kier molecular flexibility index (Phi) is 4.41. The van der Waals surface area contributed by atoms with Crippen molar-refractivity contribution in [2.24, 2.45) is 0 Å². The zero-order chi connectivity index (χ0) is 14.6. The van der Waals surface area contributed by atoms with Crippen LogP contribution in [0.2, 0.25) is 0 Å². The summed E-state index contributed by atoms with van der Waals surface area (Å²) in [6.07, 6.45) is 3.42. The molecule has 0 radical (unpaired) electrons. The first-order valence-corrected chi connectivity index (χ1v) is 7.81. The highest BCUT2D eigenvalue weighted by Gasteiger charge is 2.25. The number of rotatable bonds is 6. The number of H-pyrrole nitrogens is 1. The highest BCUT2D eigenvalue weighted by Crippen LogP contribution is 2.17. The van der Waals surface area contributed by atoms with Gasteiger partial charge in [-0.25, -0.2) is 13.4 Å². The van der Waals surface area contributed by atoms with Crippen LogP contribution < -0.4 is 5.73 Å². The van der Waals surface area contributed by atoms with Crippen molar-refractivity contribution in [2.75, 3.05) is 12.3 Å². The molecule has 3 N–H and O–H groups in total. The van der Waals surface area contributed by atoms with Crippen molar-refractivity contribution >= 4 is 15.7 Å². The summed E-state index contributed by atoms with van der Waals surface area (Å²) in [5.41, 5.74) is 7.19. The molecule has 0 amide bonds. The maximum absolute atomic E-state index is 12.5. The number of nitrogens with one attached hydrogen (secondary N) is 1. The SMILES string of the molecule is CCCN(Cc1ccc(N)cc1)S(=O)(=O)c1cnc[nH]1. The maximum atomic E-state index is 12.5. The van der Waals surface area contributed by atoms with Crippen molar-refractivity contribution < 1.29 is 8.42 Å². The van der Waals surface area contributed by atoms with Crippen LogP contribution in [0.3, 0.4) is 0 Å². The molecule has 1 heterocycles. The van der Waals surface area contributed by atoms with E-state index in [2.05, 4.69) is 9.97 Å². The lowest BCUT2D eigenvalue weighted by molar-refractivity contribution is 0.404. The monoisotopic (exact) mass is 294 g/mol. The van der Waals surface area contributed by atoms with Gasteiger partial charge >= 0.3 is 0 Å². The van der Waals surface area contributed by atoms with Gasteiger partial charge in [0, 0.05) is 18.8 Å². The third-order valence-corrected chi connectivity index (χ3v) is 4.67. The normalized spacial score (nSPS) is 11.9. The Bertz CT molecular complexity index is 636. The molecule has 0 bridgehead atoms. The fraction of sp³-hybridized carbons (Fsp3) is 0.308. The Morgan fingerprint density at radius 3 is 2.55 bits per heavy atom. The highest BCUT2D eigenvalue weighted by atomic mass is 32.2. The number of hydrogen-bond acceptors (Lipinski definition) is 4. The second kappa shape index (κ2) is 6.06. The van der Waals surface area contributed by atoms with Crippen LogP contribution in [0.1, 0.15) is 18.9 Å². The van der Waals surface area contributed by atoms with Gasteiger partial charge in [-0.05, 0) is 24.1 Å². The topological polar surface area (TPSA) is 92.1 Å². The molecular weight excluding hydrogens is 276 g/mol. The molecule has 6 nitrogen and oxygen atoms in total. The molecular formula is C13H18N4O2S. The van der Waals surface area contributed by atoms with Gasteiger partial charge in [0.05, 0.1) is 12.5 Å². The molecule has 2 aromatic rings. The standard InChI is InChI=1S/C13H18N4O2S/c1-2-7-17(9-11-3-5-12(14)6-4-11)20(18,19)13-8-15-10-16-13/h3-6,8,10H,2,7,9,14H2,1H3,(H,15,16). The van der Waals surface area contributed by atoms with Crippen LogP contribution in [0.25, 0.3) is 0 Å². The molecule has 7 heteroatoms. The molecule has 0 saturated carbocycles. The molecule has 20 heavy (non-hydrogen) atoms. The number of nitrogen functional groups attached to an aromatic ring is 1. The lowest BCUT2D eigenvalue weighted by Crippen LogP contribution is -2.31. The Morgan fingerprint density at radius 1 is 1.30 bits per heavy atom. The lowest BCUT2D eigenvalue weighted by atomic mass is 10.2. The van der Waals surface area contributed by atoms with Gasteiger partial charge in [-0.1, -0.05) is 19.1 Å². The number of nitrogens with two attached hydrogens (primary N) is 1. The van der Waals surface area contributed by atoms with Crippen molar-refractivity contribution in [2.45, 2.75) is 24.9 Å². The summed E-state index contributed by atoms with van der Waals surface area (Å²) in [6, 6.07) is 7.20. The summed E-state index contributed by atoms with van der Waals surface area (Å²) in [5.74, 6) is 0. The molecule has 0 spiro atoms. The van der Waals surface area contributed by atoms with E-state index in [1.165, 1.54) is 16.8 Å². The fourth-order valence-corrected chi connectivity index (χ4v) is 3.30. The van der Waals surface area contributed by atoms with Gasteiger partial charge in [-0.2, -0.15) is 4.31 Å². The van der Waals surface area contributed by atoms with Crippen molar-refractivity contribution in [1.29, 1.82) is 0 Å². The third kappa shape index (κ3) is 3.17. The molecule has 0 aliphatic carbocycles. The van der Waals surface area contributed by atoms with Gasteiger partial charge in [0.1, 0.15) is 0 Å². The number of aromatic amines is 1. The highest BCUT2D eigenvalue weighted by molar-refractivity contribution is 7.89. The van der Waals surface area contributed by atoms with Crippen LogP contribution in [0.5, 0.6) is 0 Å². The molecule has 0 unspecified atom stereocenters. The second-order valence-electron chi connectivity index (χ2n) is 4.50. The van der Waals surface area contributed by atoms with Crippen LogP contribution >= 0.6 is 0 Å². The van der Waals surface area contributed by atoms with E-state index in [1.807, 2.05) is 19.1 Å². The number of benzene rings is 1. The smallest absolute Gasteiger partial charge is 0.260 e. The van der Waals surface area contributed by atoms with Gasteiger partial charge in [-0.3, -0.25) is 0 Å². The quantitative estimate of drug-likeness (QED) is 0.791. The van der Waals surface area contributed by atoms with Crippen LogP contribution in [0, 0.1) is 0 Å². The fourth-order valence-electron chi connectivity index (χ4n) is 1.88. The molecule has 0 atom stereocenters. The largest absolute Gasteiger partial charge is 0.399 e. The summed E-state index contributed by atoms with van der Waals surface area (Å²) < 4.78 is 26.4. The van der Waals surface area contributed by atoms with Gasteiger partial charge < -0.3 is 10.7 Å². The lowest BCUT2D eigenvalue weighted by Gasteiger charge is -2.20. The Labute approximate surface area is 118 Å². The molecule has 0 saturated heterocycles. The summed E-state index contributed by atoms with van der Waals surface area (Å²) >= 11 is 0. The predicted octanol–water partition coefficient (Wildman–Crippen LogP) is 1.59. The maximum Gasteiger partial charge on any atom is 0.260 e. The first kappa shape index (κ1) is 14.5. The molecule has 108 valence electrons. The average molecular weight is 294 g/mol. The zero-order valence-corrected chi connectivity index (χ0v) is 12.1. The average Bonchev–Trinajstić information content (AvgIpc) is 2.95. The summed E-state index contributed by atoms with van der Waals surface area (Å²) in [7, 11) is -3.54. The molecule has 2 rings (SSSR count). The molecule has 0 aliphatic heterocycles. The van der Waals surface area contributed by atoms with E-state index in [0.717, 1.165) is 12.0 Å². The number of aromatic nitrogens is 2. The Balaban J connectivity index is 2.25. The summed E-state index contributed by atoms with van der Waals surface area (Å²) in [4.78, 5) is 6.42. The van der Waals surface area contributed by atoms with Crippen LogP contribution in [0.4, 0.5) is 5.69 Å². The zero-order valence-electron chi connectivity index (χ0n) is 11.3. The van der Waals surface area contributed by atoms with Gasteiger partial charge in [0.15, 0.2) is 5.03 Å². The number of imidazole rings is 1. The van der Waals surface area contributed by atoms with E-state index in [9.17, 15) is 8.42 Å². The van der Waals surface area contributed by atoms with E-state index in [0.29, 0.717) is 18.8 Å². The molecule has 0 fully saturated rings. The van der Waals surface area contributed by atoms with Crippen molar-refractivity contribution in [3.8, 4) is 0 Å². The van der Waals surface area contributed by atoms with Gasteiger partial charge in [-0.15, -0.1) is 0 Å². The van der Waals surface area contributed by atoms with E-state index >= 15 is 0 Å². The van der Waals surface area contributed by atoms with Crippen molar-refractivity contribution in [3.63, 3.8) is 0 Å². The number of sulfonamides is 1. The van der Waals surface area contributed by atoms with Crippen LogP contribution in [-0.4, -0.2) is 29.2 Å². The van der Waals surface area contributed by atoms with Crippen molar-refractivity contribution in [3.05, 3.63) is 42.4 Å². The first-order chi connectivity index (χ1) is 9.54. The van der Waals surface area contributed by atoms with Crippen molar-refractivity contribution in [1.82, 2.24) is 14.3 Å². The molecule has 1 aromatic heterocycles. The number of nitrogens with zero attached hydrogens (tertiary/aromatic N) is 2. The van der Waals surface area contributed by atoms with E-state index < -0.39 is 10.0 Å². The number of anilines is 1. The van der Waals surface area contributed by atoms with Crippen LogP contribution in [-0.2, 0) is 16.6 Å². The predicted molar refractivity (Wildman–Crippen MR) is 77.3 cm³/mol. The van der Waals surface area contributed by atoms with E-state index in [4.69, 9.17) is 5.73 Å². The van der Waals surface area contributed by atoms with Gasteiger partial charge in [0.2, 0.25) is 0 Å². The molecule has 0 aliphatic rings. The Morgan fingerprint density at radius 2 is 2.00 bits per heavy atom. The molecule has 1 aromatic carbocycles. The first-order valence-electron chi connectivity index (χ1n) is 6.37. The summed E-state index contributed by atoms with van der Waals surface area (Å²) in [5, 5.41) is 0.112. The van der Waals surface area contributed by atoms with Crippen LogP contribution in [0.15, 0.2) is 41.8 Å².